The van der Waals surface area contributed by atoms with Crippen LogP contribution >= 0.6 is 0 Å². The van der Waals surface area contributed by atoms with Crippen LogP contribution in [-0.2, 0) is 11.2 Å². The number of aldehydes is 1. The van der Waals surface area contributed by atoms with E-state index in [1.165, 1.54) is 12.1 Å². The van der Waals surface area contributed by atoms with Gasteiger partial charge in [-0.15, -0.1) is 0 Å². The fourth-order valence-corrected chi connectivity index (χ4v) is 5.38. The molecule has 3 nitrogen and oxygen atoms in total. The summed E-state index contributed by atoms with van der Waals surface area (Å²) in [4.78, 5) is 13.1. The molecule has 0 atom stereocenters. The second kappa shape index (κ2) is 10.0. The Balaban J connectivity index is 1.66. The van der Waals surface area contributed by atoms with Crippen molar-refractivity contribution in [3.63, 3.8) is 0 Å². The normalized spacial score (nSPS) is 16.6. The van der Waals surface area contributed by atoms with Gasteiger partial charge in [0, 0.05) is 24.7 Å². The van der Waals surface area contributed by atoms with Crippen LogP contribution in [0.15, 0.2) is 60.7 Å². The fourth-order valence-electron chi connectivity index (χ4n) is 5.38. The van der Waals surface area contributed by atoms with E-state index in [4.69, 9.17) is 4.74 Å². The summed E-state index contributed by atoms with van der Waals surface area (Å²) in [5.74, 6) is -0.367. The van der Waals surface area contributed by atoms with Gasteiger partial charge in [0.05, 0.1) is 12.7 Å². The molecule has 2 aliphatic rings. The summed E-state index contributed by atoms with van der Waals surface area (Å²) in [6.07, 6.45) is 4.79. The predicted octanol–water partition coefficient (Wildman–Crippen LogP) is 6.68. The van der Waals surface area contributed by atoms with Crippen molar-refractivity contribution in [2.75, 3.05) is 25.1 Å². The summed E-state index contributed by atoms with van der Waals surface area (Å²) in [6, 6.07) is 18.5. The zero-order chi connectivity index (χ0) is 24.4. The van der Waals surface area contributed by atoms with Crippen LogP contribution in [0.4, 0.5) is 14.5 Å². The quantitative estimate of drug-likeness (QED) is 0.387. The van der Waals surface area contributed by atoms with E-state index in [-0.39, 0.29) is 11.5 Å². The van der Waals surface area contributed by atoms with Crippen molar-refractivity contribution in [2.45, 2.75) is 32.1 Å². The van der Waals surface area contributed by atoms with Gasteiger partial charge in [0.15, 0.2) is 0 Å². The van der Waals surface area contributed by atoms with Gasteiger partial charge >= 0.3 is 0 Å². The lowest BCUT2D eigenvalue weighted by Gasteiger charge is -2.32. The Morgan fingerprint density at radius 2 is 1.66 bits per heavy atom. The van der Waals surface area contributed by atoms with Crippen molar-refractivity contribution in [3.8, 4) is 5.75 Å². The lowest BCUT2D eigenvalue weighted by molar-refractivity contribution is -0.111. The molecule has 0 bridgehead atoms. The lowest BCUT2D eigenvalue weighted by Crippen LogP contribution is -2.34. The molecule has 1 saturated heterocycles. The molecule has 180 valence electrons. The van der Waals surface area contributed by atoms with Gasteiger partial charge in [-0.05, 0) is 84.2 Å². The van der Waals surface area contributed by atoms with Gasteiger partial charge < -0.3 is 14.4 Å². The lowest BCUT2D eigenvalue weighted by atomic mass is 9.87. The molecule has 0 aromatic heterocycles. The first-order chi connectivity index (χ1) is 17.1. The Hall–Kier alpha value is -3.47. The van der Waals surface area contributed by atoms with Crippen LogP contribution in [0.25, 0.3) is 11.1 Å². The number of benzene rings is 3. The first kappa shape index (κ1) is 23.3. The Bertz CT molecular complexity index is 1240. The van der Waals surface area contributed by atoms with E-state index in [9.17, 15) is 4.79 Å². The van der Waals surface area contributed by atoms with Gasteiger partial charge in [0.2, 0.25) is 0 Å². The van der Waals surface area contributed by atoms with Crippen LogP contribution in [0.5, 0.6) is 5.75 Å². The molecule has 1 heterocycles. The summed E-state index contributed by atoms with van der Waals surface area (Å²) in [5.41, 5.74) is 4.97. The molecule has 3 aromatic rings. The number of allylic oxidation sites excluding steroid dienone is 1. The molecule has 5 rings (SSSR count). The molecule has 0 spiro atoms. The van der Waals surface area contributed by atoms with E-state index in [2.05, 4.69) is 0 Å². The number of ether oxygens (including phenoxy) is 1. The van der Waals surface area contributed by atoms with Crippen molar-refractivity contribution in [1.82, 2.24) is 0 Å². The molecule has 1 aliphatic carbocycles. The third kappa shape index (κ3) is 4.60. The number of aryl methyl sites for hydroxylation is 1. The van der Waals surface area contributed by atoms with Crippen molar-refractivity contribution in [1.29, 1.82) is 0 Å². The van der Waals surface area contributed by atoms with Crippen LogP contribution in [0, 0.1) is 17.6 Å². The molecule has 1 fully saturated rings. The van der Waals surface area contributed by atoms with E-state index in [1.807, 2.05) is 53.4 Å². The SMILES string of the molecule is COc1ccc2c(c1)CCCC(c1ccccc1)=C2c1c(F)cc(N2CCC(C=O)CC2)cc1F. The number of hydrogen-bond donors (Lipinski definition) is 0. The summed E-state index contributed by atoms with van der Waals surface area (Å²) in [7, 11) is 1.63. The number of fused-ring (bicyclic) bond motifs is 1. The fraction of sp³-hybridized carbons (Fsp3) is 0.300. The first-order valence-corrected chi connectivity index (χ1v) is 12.2. The van der Waals surface area contributed by atoms with E-state index < -0.39 is 11.6 Å². The molecular formula is C30H29F2NO2. The first-order valence-electron chi connectivity index (χ1n) is 12.2. The number of rotatable bonds is 5. The minimum atomic E-state index is -0.565. The summed E-state index contributed by atoms with van der Waals surface area (Å²) in [6.45, 7) is 1.23. The van der Waals surface area contributed by atoms with Gasteiger partial charge in [-0.1, -0.05) is 36.4 Å². The molecular weight excluding hydrogens is 444 g/mol. The number of anilines is 1. The zero-order valence-corrected chi connectivity index (χ0v) is 19.9. The summed E-state index contributed by atoms with van der Waals surface area (Å²) in [5, 5.41) is 0. The highest BCUT2D eigenvalue weighted by atomic mass is 19.1. The van der Waals surface area contributed by atoms with Crippen molar-refractivity contribution < 1.29 is 18.3 Å². The van der Waals surface area contributed by atoms with Crippen LogP contribution < -0.4 is 9.64 Å². The monoisotopic (exact) mass is 473 g/mol. The van der Waals surface area contributed by atoms with Crippen LogP contribution in [0.1, 0.15) is 47.9 Å². The van der Waals surface area contributed by atoms with Gasteiger partial charge in [-0.3, -0.25) is 0 Å². The molecule has 5 heteroatoms. The average Bonchev–Trinajstić information content (AvgIpc) is 3.08. The van der Waals surface area contributed by atoms with Gasteiger partial charge in [0.25, 0.3) is 0 Å². The highest BCUT2D eigenvalue weighted by molar-refractivity contribution is 6.00. The number of carbonyl (C=O) groups is 1. The maximum atomic E-state index is 15.9. The highest BCUT2D eigenvalue weighted by Gasteiger charge is 2.27. The second-order valence-electron chi connectivity index (χ2n) is 9.34. The van der Waals surface area contributed by atoms with Crippen LogP contribution in [-0.4, -0.2) is 26.5 Å². The smallest absolute Gasteiger partial charge is 0.136 e. The predicted molar refractivity (Wildman–Crippen MR) is 136 cm³/mol. The van der Waals surface area contributed by atoms with Crippen molar-refractivity contribution in [2.24, 2.45) is 5.92 Å². The maximum absolute atomic E-state index is 15.9. The average molecular weight is 474 g/mol. The van der Waals surface area contributed by atoms with Crippen LogP contribution in [0.3, 0.4) is 0 Å². The molecule has 35 heavy (non-hydrogen) atoms. The van der Waals surface area contributed by atoms with E-state index in [0.29, 0.717) is 37.2 Å². The van der Waals surface area contributed by atoms with Gasteiger partial charge in [-0.2, -0.15) is 0 Å². The third-order valence-electron chi connectivity index (χ3n) is 7.25. The summed E-state index contributed by atoms with van der Waals surface area (Å²) >= 11 is 0. The molecule has 0 radical (unpaired) electrons. The molecule has 3 aromatic carbocycles. The number of hydrogen-bond acceptors (Lipinski definition) is 3. The largest absolute Gasteiger partial charge is 0.497 e. The highest BCUT2D eigenvalue weighted by Crippen LogP contribution is 2.43. The Kier molecular flexibility index (Phi) is 6.67. The number of halogens is 2. The number of nitrogens with zero attached hydrogens (tertiary/aromatic N) is 1. The minimum Gasteiger partial charge on any atom is -0.497 e. The van der Waals surface area contributed by atoms with E-state index >= 15 is 8.78 Å². The van der Waals surface area contributed by atoms with Gasteiger partial charge in [-0.25, -0.2) is 8.78 Å². The summed E-state index contributed by atoms with van der Waals surface area (Å²) < 4.78 is 37.2. The Labute approximate surface area is 205 Å². The molecule has 1 aliphatic heterocycles. The maximum Gasteiger partial charge on any atom is 0.136 e. The van der Waals surface area contributed by atoms with E-state index in [1.54, 1.807) is 7.11 Å². The molecule has 0 saturated carbocycles. The molecule has 0 amide bonds. The van der Waals surface area contributed by atoms with Crippen molar-refractivity contribution >= 4 is 23.1 Å². The molecule has 0 N–H and O–H groups in total. The third-order valence-corrected chi connectivity index (χ3v) is 7.25. The van der Waals surface area contributed by atoms with Gasteiger partial charge in [0.1, 0.15) is 23.7 Å². The zero-order valence-electron chi connectivity index (χ0n) is 19.9. The Morgan fingerprint density at radius 3 is 2.31 bits per heavy atom. The van der Waals surface area contributed by atoms with Crippen LogP contribution in [0.2, 0.25) is 0 Å². The topological polar surface area (TPSA) is 29.5 Å². The number of carbonyl (C=O) groups excluding carboxylic acids is 1. The number of piperidine rings is 1. The minimum absolute atomic E-state index is 0.0173. The standard InChI is InChI=1S/C30H29F2NO2/c1-35-24-10-11-26-22(16-24)8-5-9-25(21-6-3-2-4-7-21)29(26)30-27(31)17-23(18-28(30)32)33-14-12-20(19-34)13-15-33/h2-4,6-7,10-11,16-20H,5,8-9,12-15H2,1H3. The second-order valence-corrected chi connectivity index (χ2v) is 9.34. The van der Waals surface area contributed by atoms with Crippen molar-refractivity contribution in [3.05, 3.63) is 94.6 Å². The number of methoxy groups -OCH3 is 1. The molecule has 0 unspecified atom stereocenters. The van der Waals surface area contributed by atoms with E-state index in [0.717, 1.165) is 53.6 Å². The Morgan fingerprint density at radius 1 is 0.943 bits per heavy atom.